The highest BCUT2D eigenvalue weighted by molar-refractivity contribution is 5.31. The molecule has 0 amide bonds. The summed E-state index contributed by atoms with van der Waals surface area (Å²) < 4.78 is 5.93. The Hall–Kier alpha value is -0.860. The first-order chi connectivity index (χ1) is 7.45. The molecule has 1 aliphatic heterocycles. The van der Waals surface area contributed by atoms with Gasteiger partial charge >= 0.3 is 0 Å². The zero-order chi connectivity index (χ0) is 10.1. The summed E-state index contributed by atoms with van der Waals surface area (Å²) in [6.45, 7) is 1.85. The maximum Gasteiger partial charge on any atom is 0.0981 e. The van der Waals surface area contributed by atoms with Crippen LogP contribution in [0.1, 0.15) is 30.1 Å². The van der Waals surface area contributed by atoms with Gasteiger partial charge in [0.05, 0.1) is 12.7 Å². The van der Waals surface area contributed by atoms with E-state index in [9.17, 15) is 0 Å². The minimum absolute atomic E-state index is 0.289. The van der Waals surface area contributed by atoms with Crippen molar-refractivity contribution in [2.45, 2.75) is 31.4 Å². The van der Waals surface area contributed by atoms with Crippen LogP contribution in [-0.2, 0) is 11.2 Å². The van der Waals surface area contributed by atoms with Gasteiger partial charge in [-0.15, -0.1) is 0 Å². The van der Waals surface area contributed by atoms with E-state index in [0.717, 1.165) is 13.2 Å². The summed E-state index contributed by atoms with van der Waals surface area (Å²) >= 11 is 0. The number of rotatable bonds is 0. The second kappa shape index (κ2) is 3.95. The third-order valence-corrected chi connectivity index (χ3v) is 3.49. The minimum Gasteiger partial charge on any atom is -0.371 e. The Labute approximate surface area is 90.6 Å². The fourth-order valence-corrected chi connectivity index (χ4v) is 2.77. The Kier molecular flexibility index (Phi) is 2.47. The van der Waals surface area contributed by atoms with Gasteiger partial charge in [-0.1, -0.05) is 24.3 Å². The summed E-state index contributed by atoms with van der Waals surface area (Å²) in [5.41, 5.74) is 2.89. The molecule has 0 saturated carbocycles. The number of morpholine rings is 1. The SMILES string of the molecule is c1ccc2c(c1)CCCC1NCCOC21. The number of ether oxygens (including phenoxy) is 1. The molecular weight excluding hydrogens is 186 g/mol. The number of hydrogen-bond acceptors (Lipinski definition) is 2. The Bertz CT molecular complexity index is 350. The van der Waals surface area contributed by atoms with Crippen LogP contribution in [0.3, 0.4) is 0 Å². The van der Waals surface area contributed by atoms with Gasteiger partial charge in [-0.3, -0.25) is 0 Å². The van der Waals surface area contributed by atoms with Crippen LogP contribution in [0.4, 0.5) is 0 Å². The van der Waals surface area contributed by atoms with Crippen molar-refractivity contribution in [3.8, 4) is 0 Å². The lowest BCUT2D eigenvalue weighted by molar-refractivity contribution is -0.00645. The zero-order valence-electron chi connectivity index (χ0n) is 8.91. The lowest BCUT2D eigenvalue weighted by atomic mass is 9.98. The first-order valence-corrected chi connectivity index (χ1v) is 5.88. The van der Waals surface area contributed by atoms with Crippen LogP contribution in [0.2, 0.25) is 0 Å². The van der Waals surface area contributed by atoms with Crippen molar-refractivity contribution in [1.82, 2.24) is 5.32 Å². The third kappa shape index (κ3) is 1.68. The first-order valence-electron chi connectivity index (χ1n) is 5.88. The Morgan fingerprint density at radius 3 is 3.20 bits per heavy atom. The molecule has 2 atom stereocenters. The Morgan fingerprint density at radius 2 is 2.20 bits per heavy atom. The van der Waals surface area contributed by atoms with E-state index in [-0.39, 0.29) is 6.10 Å². The lowest BCUT2D eigenvalue weighted by Crippen LogP contribution is -2.43. The second-order valence-electron chi connectivity index (χ2n) is 4.44. The van der Waals surface area contributed by atoms with E-state index in [0.29, 0.717) is 6.04 Å². The summed E-state index contributed by atoms with van der Waals surface area (Å²) in [5, 5.41) is 3.58. The first kappa shape index (κ1) is 9.37. The number of fused-ring (bicyclic) bond motifs is 3. The largest absolute Gasteiger partial charge is 0.371 e. The van der Waals surface area contributed by atoms with Gasteiger partial charge in [0.2, 0.25) is 0 Å². The predicted molar refractivity (Wildman–Crippen MR) is 59.9 cm³/mol. The molecule has 1 aliphatic carbocycles. The summed E-state index contributed by atoms with van der Waals surface area (Å²) in [5.74, 6) is 0. The molecule has 2 unspecified atom stereocenters. The standard InChI is InChI=1S/C13H17NO/c1-2-6-11-10(4-1)5-3-7-12-13(11)15-9-8-14-12/h1-2,4,6,12-14H,3,5,7-9H2. The molecule has 2 aliphatic rings. The monoisotopic (exact) mass is 203 g/mol. The molecule has 3 rings (SSSR count). The van der Waals surface area contributed by atoms with Gasteiger partial charge in [0.25, 0.3) is 0 Å². The van der Waals surface area contributed by atoms with Crippen molar-refractivity contribution in [3.63, 3.8) is 0 Å². The minimum atomic E-state index is 0.289. The van der Waals surface area contributed by atoms with Gasteiger partial charge in [-0.25, -0.2) is 0 Å². The lowest BCUT2D eigenvalue weighted by Gasteiger charge is -2.32. The van der Waals surface area contributed by atoms with Crippen LogP contribution in [0.5, 0.6) is 0 Å². The summed E-state index contributed by atoms with van der Waals surface area (Å²) in [4.78, 5) is 0. The maximum absolute atomic E-state index is 5.93. The smallest absolute Gasteiger partial charge is 0.0981 e. The molecule has 1 aromatic rings. The average molecular weight is 203 g/mol. The van der Waals surface area contributed by atoms with Crippen LogP contribution in [-0.4, -0.2) is 19.2 Å². The molecule has 1 heterocycles. The summed E-state index contributed by atoms with van der Waals surface area (Å²) in [6, 6.07) is 9.26. The molecule has 1 N–H and O–H groups in total. The van der Waals surface area contributed by atoms with Gasteiger partial charge in [-0.2, -0.15) is 0 Å². The highest BCUT2D eigenvalue weighted by Crippen LogP contribution is 2.32. The molecule has 1 saturated heterocycles. The quantitative estimate of drug-likeness (QED) is 0.697. The molecule has 0 radical (unpaired) electrons. The average Bonchev–Trinajstić information content (AvgIpc) is 2.48. The molecule has 0 aromatic heterocycles. The summed E-state index contributed by atoms with van der Waals surface area (Å²) in [7, 11) is 0. The van der Waals surface area contributed by atoms with Gasteiger partial charge in [0.15, 0.2) is 0 Å². The van der Waals surface area contributed by atoms with E-state index in [1.165, 1.54) is 30.4 Å². The van der Waals surface area contributed by atoms with Crippen molar-refractivity contribution in [2.75, 3.05) is 13.2 Å². The fraction of sp³-hybridized carbons (Fsp3) is 0.538. The van der Waals surface area contributed by atoms with Crippen LogP contribution in [0.25, 0.3) is 0 Å². The van der Waals surface area contributed by atoms with Crippen molar-refractivity contribution in [1.29, 1.82) is 0 Å². The van der Waals surface area contributed by atoms with E-state index >= 15 is 0 Å². The van der Waals surface area contributed by atoms with Crippen LogP contribution in [0, 0.1) is 0 Å². The second-order valence-corrected chi connectivity index (χ2v) is 4.44. The molecule has 1 aromatic carbocycles. The Morgan fingerprint density at radius 1 is 1.27 bits per heavy atom. The number of aryl methyl sites for hydroxylation is 1. The third-order valence-electron chi connectivity index (χ3n) is 3.49. The molecule has 1 fully saturated rings. The van der Waals surface area contributed by atoms with E-state index in [2.05, 4.69) is 29.6 Å². The number of hydrogen-bond donors (Lipinski definition) is 1. The zero-order valence-corrected chi connectivity index (χ0v) is 8.91. The molecule has 2 heteroatoms. The molecule has 15 heavy (non-hydrogen) atoms. The van der Waals surface area contributed by atoms with Crippen molar-refractivity contribution < 1.29 is 4.74 Å². The van der Waals surface area contributed by atoms with Crippen LogP contribution >= 0.6 is 0 Å². The fourth-order valence-electron chi connectivity index (χ4n) is 2.77. The Balaban J connectivity index is 1.99. The van der Waals surface area contributed by atoms with Crippen molar-refractivity contribution in [2.24, 2.45) is 0 Å². The molecule has 80 valence electrons. The molecular formula is C13H17NO. The van der Waals surface area contributed by atoms with E-state index in [4.69, 9.17) is 4.74 Å². The van der Waals surface area contributed by atoms with E-state index in [1.807, 2.05) is 0 Å². The number of benzene rings is 1. The van der Waals surface area contributed by atoms with Crippen molar-refractivity contribution >= 4 is 0 Å². The molecule has 0 spiro atoms. The topological polar surface area (TPSA) is 21.3 Å². The molecule has 2 nitrogen and oxygen atoms in total. The summed E-state index contributed by atoms with van der Waals surface area (Å²) in [6.07, 6.45) is 4.00. The van der Waals surface area contributed by atoms with Crippen LogP contribution < -0.4 is 5.32 Å². The van der Waals surface area contributed by atoms with Gasteiger partial charge in [0, 0.05) is 12.6 Å². The van der Waals surface area contributed by atoms with Gasteiger partial charge in [-0.05, 0) is 30.4 Å². The van der Waals surface area contributed by atoms with Gasteiger partial charge < -0.3 is 10.1 Å². The van der Waals surface area contributed by atoms with Crippen molar-refractivity contribution in [3.05, 3.63) is 35.4 Å². The van der Waals surface area contributed by atoms with Crippen LogP contribution in [0.15, 0.2) is 24.3 Å². The highest BCUT2D eigenvalue weighted by atomic mass is 16.5. The maximum atomic E-state index is 5.93. The predicted octanol–water partition coefficient (Wildman–Crippen LogP) is 2.05. The van der Waals surface area contributed by atoms with Gasteiger partial charge in [0.1, 0.15) is 0 Å². The number of nitrogens with one attached hydrogen (secondary N) is 1. The normalized spacial score (nSPS) is 30.1. The van der Waals surface area contributed by atoms with E-state index in [1.54, 1.807) is 0 Å². The highest BCUT2D eigenvalue weighted by Gasteiger charge is 2.30. The molecule has 0 bridgehead atoms. The van der Waals surface area contributed by atoms with E-state index < -0.39 is 0 Å².